The van der Waals surface area contributed by atoms with E-state index < -0.39 is 0 Å². The van der Waals surface area contributed by atoms with Gasteiger partial charge in [0, 0.05) is 18.5 Å². The van der Waals surface area contributed by atoms with Crippen molar-refractivity contribution in [1.82, 2.24) is 15.2 Å². The van der Waals surface area contributed by atoms with Crippen LogP contribution in [0.4, 0.5) is 0 Å². The minimum atomic E-state index is 0.125. The first kappa shape index (κ1) is 12.5. The number of rotatable bonds is 3. The standard InChI is InChI=1S/C12H19N3OS/c1-8-11(4-5-13-8)12(16)15(3)6-10-7-17-9(2)14-10/h7-8,11,13H,4-6H2,1-3H3. The molecule has 4 nitrogen and oxygen atoms in total. The molecule has 1 aliphatic heterocycles. The third kappa shape index (κ3) is 2.84. The van der Waals surface area contributed by atoms with E-state index >= 15 is 0 Å². The molecule has 0 aliphatic carbocycles. The fourth-order valence-corrected chi connectivity index (χ4v) is 2.88. The van der Waals surface area contributed by atoms with Crippen LogP contribution < -0.4 is 5.32 Å². The van der Waals surface area contributed by atoms with Gasteiger partial charge in [0.1, 0.15) is 0 Å². The summed E-state index contributed by atoms with van der Waals surface area (Å²) >= 11 is 1.63. The van der Waals surface area contributed by atoms with Gasteiger partial charge in [-0.2, -0.15) is 0 Å². The van der Waals surface area contributed by atoms with Crippen molar-refractivity contribution in [2.24, 2.45) is 5.92 Å². The van der Waals surface area contributed by atoms with Gasteiger partial charge in [0.15, 0.2) is 0 Å². The van der Waals surface area contributed by atoms with Crippen LogP contribution in [-0.4, -0.2) is 35.4 Å². The van der Waals surface area contributed by atoms with E-state index in [2.05, 4.69) is 17.2 Å². The summed E-state index contributed by atoms with van der Waals surface area (Å²) in [6.45, 7) is 5.63. The first-order valence-electron chi connectivity index (χ1n) is 5.97. The van der Waals surface area contributed by atoms with E-state index in [0.717, 1.165) is 23.7 Å². The number of aryl methyl sites for hydroxylation is 1. The van der Waals surface area contributed by atoms with Crippen molar-refractivity contribution in [3.05, 3.63) is 16.1 Å². The van der Waals surface area contributed by atoms with Gasteiger partial charge in [0.2, 0.25) is 5.91 Å². The van der Waals surface area contributed by atoms with Crippen molar-refractivity contribution in [3.8, 4) is 0 Å². The van der Waals surface area contributed by atoms with Gasteiger partial charge in [0.05, 0.1) is 23.2 Å². The maximum Gasteiger partial charge on any atom is 0.227 e. The lowest BCUT2D eigenvalue weighted by Gasteiger charge is -2.22. The second-order valence-corrected chi connectivity index (χ2v) is 5.75. The molecule has 94 valence electrons. The van der Waals surface area contributed by atoms with Gasteiger partial charge >= 0.3 is 0 Å². The minimum absolute atomic E-state index is 0.125. The Labute approximate surface area is 106 Å². The highest BCUT2D eigenvalue weighted by molar-refractivity contribution is 7.09. The summed E-state index contributed by atoms with van der Waals surface area (Å²) in [5, 5.41) is 6.39. The van der Waals surface area contributed by atoms with E-state index in [-0.39, 0.29) is 11.8 Å². The number of amides is 1. The Morgan fingerprint density at radius 2 is 2.47 bits per heavy atom. The summed E-state index contributed by atoms with van der Waals surface area (Å²) in [6.07, 6.45) is 0.945. The van der Waals surface area contributed by atoms with Gasteiger partial charge in [-0.15, -0.1) is 11.3 Å². The van der Waals surface area contributed by atoms with E-state index in [9.17, 15) is 4.79 Å². The van der Waals surface area contributed by atoms with Crippen LogP contribution in [0.2, 0.25) is 0 Å². The molecular weight excluding hydrogens is 234 g/mol. The van der Waals surface area contributed by atoms with E-state index in [4.69, 9.17) is 0 Å². The highest BCUT2D eigenvalue weighted by atomic mass is 32.1. The molecule has 0 saturated carbocycles. The number of carbonyl (C=O) groups is 1. The SMILES string of the molecule is Cc1nc(CN(C)C(=O)C2CCNC2C)cs1. The molecule has 17 heavy (non-hydrogen) atoms. The van der Waals surface area contributed by atoms with Crippen LogP contribution in [0.3, 0.4) is 0 Å². The molecule has 2 heterocycles. The van der Waals surface area contributed by atoms with Gasteiger partial charge in [-0.25, -0.2) is 4.98 Å². The average Bonchev–Trinajstić information content (AvgIpc) is 2.86. The third-order valence-corrected chi connectivity index (χ3v) is 4.11. The summed E-state index contributed by atoms with van der Waals surface area (Å²) in [6, 6.07) is 0.294. The molecule has 0 aromatic carbocycles. The summed E-state index contributed by atoms with van der Waals surface area (Å²) < 4.78 is 0. The Morgan fingerprint density at radius 1 is 1.71 bits per heavy atom. The smallest absolute Gasteiger partial charge is 0.227 e. The van der Waals surface area contributed by atoms with Crippen LogP contribution >= 0.6 is 11.3 Å². The molecule has 1 aromatic heterocycles. The lowest BCUT2D eigenvalue weighted by atomic mass is 10.0. The number of nitrogens with one attached hydrogen (secondary N) is 1. The quantitative estimate of drug-likeness (QED) is 0.886. The van der Waals surface area contributed by atoms with Crippen molar-refractivity contribution in [2.75, 3.05) is 13.6 Å². The molecule has 1 saturated heterocycles. The monoisotopic (exact) mass is 253 g/mol. The zero-order valence-electron chi connectivity index (χ0n) is 10.6. The Kier molecular flexibility index (Phi) is 3.79. The number of thiazole rings is 1. The molecule has 0 radical (unpaired) electrons. The van der Waals surface area contributed by atoms with Crippen molar-refractivity contribution in [1.29, 1.82) is 0 Å². The fraction of sp³-hybridized carbons (Fsp3) is 0.667. The van der Waals surface area contributed by atoms with Crippen LogP contribution in [0, 0.1) is 12.8 Å². The Hall–Kier alpha value is -0.940. The van der Waals surface area contributed by atoms with E-state index in [1.165, 1.54) is 0 Å². The number of nitrogens with zero attached hydrogens (tertiary/aromatic N) is 2. The van der Waals surface area contributed by atoms with Crippen LogP contribution in [0.25, 0.3) is 0 Å². The third-order valence-electron chi connectivity index (χ3n) is 3.28. The van der Waals surface area contributed by atoms with E-state index in [0.29, 0.717) is 12.6 Å². The van der Waals surface area contributed by atoms with Crippen LogP contribution in [-0.2, 0) is 11.3 Å². The molecule has 1 aromatic rings. The second kappa shape index (κ2) is 5.14. The summed E-state index contributed by atoms with van der Waals surface area (Å²) in [4.78, 5) is 18.4. The van der Waals surface area contributed by atoms with Crippen molar-refractivity contribution >= 4 is 17.2 Å². The number of carbonyl (C=O) groups excluding carboxylic acids is 1. The summed E-state index contributed by atoms with van der Waals surface area (Å²) in [5.74, 6) is 0.355. The predicted molar refractivity (Wildman–Crippen MR) is 68.9 cm³/mol. The molecule has 5 heteroatoms. The fourth-order valence-electron chi connectivity index (χ4n) is 2.28. The molecule has 1 fully saturated rings. The summed E-state index contributed by atoms with van der Waals surface area (Å²) in [7, 11) is 1.86. The number of hydrogen-bond acceptors (Lipinski definition) is 4. The maximum absolute atomic E-state index is 12.2. The molecule has 0 spiro atoms. The molecular formula is C12H19N3OS. The second-order valence-electron chi connectivity index (χ2n) is 4.69. The topological polar surface area (TPSA) is 45.2 Å². The van der Waals surface area contributed by atoms with E-state index in [1.807, 2.05) is 19.4 Å². The van der Waals surface area contributed by atoms with E-state index in [1.54, 1.807) is 16.2 Å². The first-order chi connectivity index (χ1) is 8.08. The average molecular weight is 253 g/mol. The van der Waals surface area contributed by atoms with Crippen LogP contribution in [0.15, 0.2) is 5.38 Å². The lowest BCUT2D eigenvalue weighted by Crippen LogP contribution is -2.37. The van der Waals surface area contributed by atoms with Gasteiger partial charge in [-0.1, -0.05) is 0 Å². The zero-order valence-corrected chi connectivity index (χ0v) is 11.4. The lowest BCUT2D eigenvalue weighted by molar-refractivity contribution is -0.134. The Balaban J connectivity index is 1.95. The number of hydrogen-bond donors (Lipinski definition) is 1. The predicted octanol–water partition coefficient (Wildman–Crippen LogP) is 1.41. The minimum Gasteiger partial charge on any atom is -0.340 e. The maximum atomic E-state index is 12.2. The Morgan fingerprint density at radius 3 is 3.00 bits per heavy atom. The highest BCUT2D eigenvalue weighted by Crippen LogP contribution is 2.19. The largest absolute Gasteiger partial charge is 0.340 e. The normalized spacial score (nSPS) is 23.9. The van der Waals surface area contributed by atoms with Gasteiger partial charge < -0.3 is 10.2 Å². The highest BCUT2D eigenvalue weighted by Gasteiger charge is 2.31. The molecule has 1 aliphatic rings. The molecule has 0 bridgehead atoms. The van der Waals surface area contributed by atoms with Crippen molar-refractivity contribution in [3.63, 3.8) is 0 Å². The zero-order chi connectivity index (χ0) is 12.4. The van der Waals surface area contributed by atoms with Crippen LogP contribution in [0.1, 0.15) is 24.0 Å². The Bertz CT molecular complexity index is 404. The molecule has 2 unspecified atom stereocenters. The molecule has 1 amide bonds. The van der Waals surface area contributed by atoms with Crippen LogP contribution in [0.5, 0.6) is 0 Å². The number of aromatic nitrogens is 1. The van der Waals surface area contributed by atoms with Gasteiger partial charge in [-0.05, 0) is 26.8 Å². The van der Waals surface area contributed by atoms with Gasteiger partial charge in [-0.3, -0.25) is 4.79 Å². The van der Waals surface area contributed by atoms with Crippen molar-refractivity contribution in [2.45, 2.75) is 32.9 Å². The first-order valence-corrected chi connectivity index (χ1v) is 6.85. The summed E-state index contributed by atoms with van der Waals surface area (Å²) in [5.41, 5.74) is 0.988. The van der Waals surface area contributed by atoms with Crippen molar-refractivity contribution < 1.29 is 4.79 Å². The molecule has 2 rings (SSSR count). The molecule has 1 N–H and O–H groups in total. The molecule has 2 atom stereocenters. The van der Waals surface area contributed by atoms with Gasteiger partial charge in [0.25, 0.3) is 0 Å².